The zero-order chi connectivity index (χ0) is 20.2. The molecule has 1 N–H and O–H groups in total. The lowest BCUT2D eigenvalue weighted by Crippen LogP contribution is -2.24. The molecule has 0 aliphatic heterocycles. The smallest absolute Gasteiger partial charge is 0.262 e. The summed E-state index contributed by atoms with van der Waals surface area (Å²) in [6.07, 6.45) is 1.55. The van der Waals surface area contributed by atoms with Crippen LogP contribution in [-0.2, 0) is 11.3 Å². The van der Waals surface area contributed by atoms with Gasteiger partial charge >= 0.3 is 0 Å². The number of benzene rings is 2. The van der Waals surface area contributed by atoms with Crippen molar-refractivity contribution >= 4 is 45.9 Å². The Labute approximate surface area is 175 Å². The van der Waals surface area contributed by atoms with E-state index in [-0.39, 0.29) is 23.8 Å². The number of furan rings is 1. The first kappa shape index (κ1) is 19.3. The molecule has 2 aromatic heterocycles. The Morgan fingerprint density at radius 3 is 2.69 bits per heavy atom. The molecule has 29 heavy (non-hydrogen) atoms. The summed E-state index contributed by atoms with van der Waals surface area (Å²) in [4.78, 5) is 30.0. The molecule has 8 heteroatoms. The summed E-state index contributed by atoms with van der Waals surface area (Å²) in [7, 11) is 0. The topological polar surface area (TPSA) is 77.1 Å². The third-order valence-corrected chi connectivity index (χ3v) is 5.51. The summed E-state index contributed by atoms with van der Waals surface area (Å²) in [5.74, 6) is 0.468. The summed E-state index contributed by atoms with van der Waals surface area (Å²) < 4.78 is 6.91. The van der Waals surface area contributed by atoms with Gasteiger partial charge in [-0.1, -0.05) is 47.6 Å². The van der Waals surface area contributed by atoms with E-state index in [1.807, 2.05) is 6.07 Å². The lowest BCUT2D eigenvalue weighted by atomic mass is 10.2. The number of para-hydroxylation sites is 2. The zero-order valence-corrected chi connectivity index (χ0v) is 16.7. The first-order valence-electron chi connectivity index (χ1n) is 8.81. The van der Waals surface area contributed by atoms with E-state index < -0.39 is 0 Å². The lowest BCUT2D eigenvalue weighted by Gasteiger charge is -2.12. The number of anilines is 1. The van der Waals surface area contributed by atoms with Gasteiger partial charge in [0, 0.05) is 0 Å². The molecule has 4 aromatic rings. The van der Waals surface area contributed by atoms with Gasteiger partial charge in [-0.05, 0) is 36.4 Å². The minimum absolute atomic E-state index is 0.0775. The number of carbonyl (C=O) groups is 1. The van der Waals surface area contributed by atoms with Crippen molar-refractivity contribution in [1.29, 1.82) is 0 Å². The SMILES string of the molecule is O=C(CSc1nc2ccccc2c(=O)n1Cc1ccco1)Nc1ccccc1Cl. The molecule has 0 spiro atoms. The number of amides is 1. The summed E-state index contributed by atoms with van der Waals surface area (Å²) in [6, 6.07) is 17.7. The van der Waals surface area contributed by atoms with Crippen LogP contribution in [0.4, 0.5) is 5.69 Å². The molecule has 0 aliphatic carbocycles. The minimum Gasteiger partial charge on any atom is -0.467 e. The number of aromatic nitrogens is 2. The van der Waals surface area contributed by atoms with Crippen LogP contribution in [0, 0.1) is 0 Å². The second kappa shape index (κ2) is 8.55. The van der Waals surface area contributed by atoms with Gasteiger partial charge in [0.1, 0.15) is 5.76 Å². The lowest BCUT2D eigenvalue weighted by molar-refractivity contribution is -0.113. The number of hydrogen-bond donors (Lipinski definition) is 1. The van der Waals surface area contributed by atoms with Crippen LogP contribution >= 0.6 is 23.4 Å². The summed E-state index contributed by atoms with van der Waals surface area (Å²) >= 11 is 7.27. The Bertz CT molecular complexity index is 1220. The molecular formula is C21H16ClN3O3S. The Balaban J connectivity index is 1.61. The number of fused-ring (bicyclic) bond motifs is 1. The van der Waals surface area contributed by atoms with Crippen LogP contribution in [0.5, 0.6) is 0 Å². The normalized spacial score (nSPS) is 10.9. The fourth-order valence-electron chi connectivity index (χ4n) is 2.83. The van der Waals surface area contributed by atoms with Crippen molar-refractivity contribution in [2.45, 2.75) is 11.7 Å². The van der Waals surface area contributed by atoms with Crippen LogP contribution < -0.4 is 10.9 Å². The molecule has 2 aromatic carbocycles. The summed E-state index contributed by atoms with van der Waals surface area (Å²) in [6.45, 7) is 0.234. The molecule has 0 radical (unpaired) electrons. The van der Waals surface area contributed by atoms with Crippen molar-refractivity contribution in [3.63, 3.8) is 0 Å². The number of nitrogens with one attached hydrogen (secondary N) is 1. The monoisotopic (exact) mass is 425 g/mol. The third-order valence-electron chi connectivity index (χ3n) is 4.20. The fraction of sp³-hybridized carbons (Fsp3) is 0.0952. The van der Waals surface area contributed by atoms with E-state index >= 15 is 0 Å². The first-order chi connectivity index (χ1) is 14.1. The summed E-state index contributed by atoms with van der Waals surface area (Å²) in [5.41, 5.74) is 0.947. The molecular weight excluding hydrogens is 410 g/mol. The van der Waals surface area contributed by atoms with Gasteiger partial charge in [-0.15, -0.1) is 0 Å². The molecule has 0 atom stereocenters. The second-order valence-electron chi connectivity index (χ2n) is 6.20. The highest BCUT2D eigenvalue weighted by Crippen LogP contribution is 2.22. The zero-order valence-electron chi connectivity index (χ0n) is 15.2. The van der Waals surface area contributed by atoms with Crippen LogP contribution in [0.2, 0.25) is 5.02 Å². The standard InChI is InChI=1S/C21H16ClN3O3S/c22-16-8-2-4-10-18(16)23-19(26)13-29-21-24-17-9-3-1-7-15(17)20(27)25(21)12-14-6-5-11-28-14/h1-11H,12-13H2,(H,23,26). The van der Waals surface area contributed by atoms with E-state index in [9.17, 15) is 9.59 Å². The highest BCUT2D eigenvalue weighted by Gasteiger charge is 2.15. The van der Waals surface area contributed by atoms with E-state index in [2.05, 4.69) is 10.3 Å². The van der Waals surface area contributed by atoms with E-state index in [0.29, 0.717) is 32.5 Å². The van der Waals surface area contributed by atoms with Crippen molar-refractivity contribution in [1.82, 2.24) is 9.55 Å². The van der Waals surface area contributed by atoms with E-state index in [4.69, 9.17) is 16.0 Å². The number of rotatable bonds is 6. The van der Waals surface area contributed by atoms with E-state index in [1.165, 1.54) is 16.3 Å². The van der Waals surface area contributed by atoms with Gasteiger partial charge in [0.2, 0.25) is 5.91 Å². The fourth-order valence-corrected chi connectivity index (χ4v) is 3.82. The van der Waals surface area contributed by atoms with Gasteiger partial charge in [0.15, 0.2) is 5.16 Å². The summed E-state index contributed by atoms with van der Waals surface area (Å²) in [5, 5.41) is 4.20. The van der Waals surface area contributed by atoms with Gasteiger partial charge in [-0.2, -0.15) is 0 Å². The quantitative estimate of drug-likeness (QED) is 0.365. The molecule has 0 unspecified atom stereocenters. The first-order valence-corrected chi connectivity index (χ1v) is 10.2. The van der Waals surface area contributed by atoms with Crippen LogP contribution in [0.15, 0.2) is 81.3 Å². The highest BCUT2D eigenvalue weighted by molar-refractivity contribution is 7.99. The molecule has 1 amide bonds. The predicted molar refractivity (Wildman–Crippen MR) is 115 cm³/mol. The van der Waals surface area contributed by atoms with Crippen molar-refractivity contribution in [2.24, 2.45) is 0 Å². The van der Waals surface area contributed by atoms with Gasteiger partial charge in [-0.25, -0.2) is 4.98 Å². The Morgan fingerprint density at radius 2 is 1.90 bits per heavy atom. The Hall–Kier alpha value is -3.03. The van der Waals surface area contributed by atoms with Crippen LogP contribution in [0.25, 0.3) is 10.9 Å². The van der Waals surface area contributed by atoms with Gasteiger partial charge < -0.3 is 9.73 Å². The molecule has 0 bridgehead atoms. The predicted octanol–water partition coefficient (Wildman–Crippen LogP) is 4.42. The molecule has 146 valence electrons. The largest absolute Gasteiger partial charge is 0.467 e. The molecule has 0 saturated heterocycles. The second-order valence-corrected chi connectivity index (χ2v) is 7.55. The van der Waals surface area contributed by atoms with Crippen LogP contribution in [0.1, 0.15) is 5.76 Å². The van der Waals surface area contributed by atoms with Gasteiger partial charge in [0.25, 0.3) is 5.56 Å². The average molecular weight is 426 g/mol. The number of nitrogens with zero attached hydrogens (tertiary/aromatic N) is 2. The van der Waals surface area contributed by atoms with Crippen molar-refractivity contribution in [3.8, 4) is 0 Å². The van der Waals surface area contributed by atoms with Crippen LogP contribution in [-0.4, -0.2) is 21.2 Å². The van der Waals surface area contributed by atoms with Crippen molar-refractivity contribution < 1.29 is 9.21 Å². The average Bonchev–Trinajstić information content (AvgIpc) is 3.24. The molecule has 4 rings (SSSR count). The maximum Gasteiger partial charge on any atom is 0.262 e. The maximum atomic E-state index is 13.0. The van der Waals surface area contributed by atoms with Crippen molar-refractivity contribution in [2.75, 3.05) is 11.1 Å². The van der Waals surface area contributed by atoms with Gasteiger partial charge in [-0.3, -0.25) is 14.2 Å². The number of hydrogen-bond acceptors (Lipinski definition) is 5. The van der Waals surface area contributed by atoms with E-state index in [1.54, 1.807) is 60.9 Å². The number of thioether (sulfide) groups is 1. The molecule has 0 saturated carbocycles. The molecule has 2 heterocycles. The van der Waals surface area contributed by atoms with Gasteiger partial charge in [0.05, 0.1) is 40.2 Å². The molecule has 6 nitrogen and oxygen atoms in total. The number of halogens is 1. The maximum absolute atomic E-state index is 13.0. The number of carbonyl (C=O) groups excluding carboxylic acids is 1. The molecule has 0 aliphatic rings. The Morgan fingerprint density at radius 1 is 1.10 bits per heavy atom. The van der Waals surface area contributed by atoms with E-state index in [0.717, 1.165) is 0 Å². The van der Waals surface area contributed by atoms with Crippen LogP contribution in [0.3, 0.4) is 0 Å². The Kier molecular flexibility index (Phi) is 5.69. The molecule has 0 fully saturated rings. The minimum atomic E-state index is -0.241. The third kappa shape index (κ3) is 4.36. The highest BCUT2D eigenvalue weighted by atomic mass is 35.5. The van der Waals surface area contributed by atoms with Crippen molar-refractivity contribution in [3.05, 3.63) is 88.1 Å².